The van der Waals surface area contributed by atoms with E-state index in [1.807, 2.05) is 18.2 Å². The number of benzene rings is 1. The maximum absolute atomic E-state index is 5.70. The minimum absolute atomic E-state index is 0.151. The third-order valence-electron chi connectivity index (χ3n) is 3.37. The lowest BCUT2D eigenvalue weighted by Crippen LogP contribution is -2.32. The first-order valence-electron chi connectivity index (χ1n) is 5.76. The lowest BCUT2D eigenvalue weighted by molar-refractivity contribution is 0.214. The molecule has 1 aliphatic heterocycles. The average molecular weight is 214 g/mol. The summed E-state index contributed by atoms with van der Waals surface area (Å²) in [5, 5.41) is 0. The van der Waals surface area contributed by atoms with Gasteiger partial charge < -0.3 is 4.74 Å². The second-order valence-electron chi connectivity index (χ2n) is 4.36. The largest absolute Gasteiger partial charge is 0.493 e. The van der Waals surface area contributed by atoms with E-state index in [0.29, 0.717) is 0 Å². The highest BCUT2D eigenvalue weighted by molar-refractivity contribution is 5.42. The Hall–Kier alpha value is -1.50. The van der Waals surface area contributed by atoms with Gasteiger partial charge in [0, 0.05) is 11.0 Å². The Morgan fingerprint density at radius 1 is 1.19 bits per heavy atom. The van der Waals surface area contributed by atoms with Crippen LogP contribution in [0.15, 0.2) is 49.6 Å². The van der Waals surface area contributed by atoms with E-state index in [4.69, 9.17) is 4.74 Å². The summed E-state index contributed by atoms with van der Waals surface area (Å²) in [6.45, 7) is 8.55. The Morgan fingerprint density at radius 3 is 2.56 bits per heavy atom. The number of hydrogen-bond acceptors (Lipinski definition) is 1. The van der Waals surface area contributed by atoms with Crippen LogP contribution in [0.1, 0.15) is 24.8 Å². The van der Waals surface area contributed by atoms with Crippen molar-refractivity contribution in [1.82, 2.24) is 0 Å². The standard InChI is InChI=1S/C15H18O/c1-3-9-15(10-4-2)11-12-16-14-8-6-5-7-13(14)15/h3-8H,1-2,9-12H2. The van der Waals surface area contributed by atoms with Crippen molar-refractivity contribution < 1.29 is 4.74 Å². The molecule has 0 saturated heterocycles. The van der Waals surface area contributed by atoms with Crippen LogP contribution >= 0.6 is 0 Å². The number of para-hydroxylation sites is 1. The van der Waals surface area contributed by atoms with Gasteiger partial charge in [0.15, 0.2) is 0 Å². The van der Waals surface area contributed by atoms with Crippen molar-refractivity contribution in [1.29, 1.82) is 0 Å². The molecule has 1 aliphatic rings. The van der Waals surface area contributed by atoms with Crippen LogP contribution in [-0.4, -0.2) is 6.61 Å². The van der Waals surface area contributed by atoms with Crippen molar-refractivity contribution in [2.45, 2.75) is 24.7 Å². The topological polar surface area (TPSA) is 9.23 Å². The molecule has 0 amide bonds. The molecule has 0 unspecified atom stereocenters. The van der Waals surface area contributed by atoms with Gasteiger partial charge >= 0.3 is 0 Å². The highest BCUT2D eigenvalue weighted by atomic mass is 16.5. The van der Waals surface area contributed by atoms with E-state index in [1.165, 1.54) is 5.56 Å². The zero-order chi connectivity index (χ0) is 11.4. The summed E-state index contributed by atoms with van der Waals surface area (Å²) in [7, 11) is 0. The molecule has 2 rings (SSSR count). The highest BCUT2D eigenvalue weighted by Gasteiger charge is 2.35. The summed E-state index contributed by atoms with van der Waals surface area (Å²) in [6.07, 6.45) is 7.03. The molecule has 0 radical (unpaired) electrons. The number of rotatable bonds is 4. The molecular formula is C15H18O. The second kappa shape index (κ2) is 4.56. The first-order valence-corrected chi connectivity index (χ1v) is 5.76. The maximum Gasteiger partial charge on any atom is 0.123 e. The number of fused-ring (bicyclic) bond motifs is 1. The van der Waals surface area contributed by atoms with Gasteiger partial charge in [-0.1, -0.05) is 30.4 Å². The van der Waals surface area contributed by atoms with Gasteiger partial charge in [-0.15, -0.1) is 13.2 Å². The van der Waals surface area contributed by atoms with E-state index in [2.05, 4.69) is 31.4 Å². The molecule has 0 bridgehead atoms. The summed E-state index contributed by atoms with van der Waals surface area (Å²) in [4.78, 5) is 0. The van der Waals surface area contributed by atoms with Crippen molar-refractivity contribution >= 4 is 0 Å². The molecule has 1 nitrogen and oxygen atoms in total. The van der Waals surface area contributed by atoms with Crippen molar-refractivity contribution in [2.75, 3.05) is 6.61 Å². The summed E-state index contributed by atoms with van der Waals surface area (Å²) in [5.74, 6) is 1.03. The Morgan fingerprint density at radius 2 is 1.88 bits per heavy atom. The van der Waals surface area contributed by atoms with Gasteiger partial charge in [0.25, 0.3) is 0 Å². The van der Waals surface area contributed by atoms with Crippen LogP contribution < -0.4 is 4.74 Å². The van der Waals surface area contributed by atoms with E-state index in [9.17, 15) is 0 Å². The molecule has 0 aromatic heterocycles. The zero-order valence-electron chi connectivity index (χ0n) is 9.61. The molecule has 0 saturated carbocycles. The average Bonchev–Trinajstić information content (AvgIpc) is 2.30. The lowest BCUT2D eigenvalue weighted by Gasteiger charge is -2.37. The van der Waals surface area contributed by atoms with Crippen LogP contribution in [0.25, 0.3) is 0 Å². The minimum Gasteiger partial charge on any atom is -0.493 e. The van der Waals surface area contributed by atoms with Crippen LogP contribution in [-0.2, 0) is 5.41 Å². The number of allylic oxidation sites excluding steroid dienone is 2. The van der Waals surface area contributed by atoms with Crippen LogP contribution in [0.2, 0.25) is 0 Å². The molecule has 84 valence electrons. The molecule has 1 aromatic carbocycles. The van der Waals surface area contributed by atoms with Crippen molar-refractivity contribution in [3.63, 3.8) is 0 Å². The van der Waals surface area contributed by atoms with Gasteiger partial charge in [-0.05, 0) is 25.3 Å². The van der Waals surface area contributed by atoms with E-state index < -0.39 is 0 Å². The Bertz CT molecular complexity index is 382. The predicted molar refractivity (Wildman–Crippen MR) is 67.9 cm³/mol. The SMILES string of the molecule is C=CCC1(CC=C)CCOc2ccccc21. The van der Waals surface area contributed by atoms with Crippen molar-refractivity contribution in [3.8, 4) is 5.75 Å². The molecule has 0 N–H and O–H groups in total. The van der Waals surface area contributed by atoms with Crippen LogP contribution in [0, 0.1) is 0 Å². The fourth-order valence-corrected chi connectivity index (χ4v) is 2.58. The van der Waals surface area contributed by atoms with Gasteiger partial charge in [-0.3, -0.25) is 0 Å². The minimum atomic E-state index is 0.151. The number of hydrogen-bond donors (Lipinski definition) is 0. The van der Waals surface area contributed by atoms with Gasteiger partial charge in [-0.25, -0.2) is 0 Å². The molecule has 0 spiro atoms. The zero-order valence-corrected chi connectivity index (χ0v) is 9.61. The summed E-state index contributed by atoms with van der Waals surface area (Å²) in [6, 6.07) is 8.32. The smallest absolute Gasteiger partial charge is 0.123 e. The van der Waals surface area contributed by atoms with Crippen LogP contribution in [0.4, 0.5) is 0 Å². The van der Waals surface area contributed by atoms with Gasteiger partial charge in [-0.2, -0.15) is 0 Å². The maximum atomic E-state index is 5.70. The third kappa shape index (κ3) is 1.78. The van der Waals surface area contributed by atoms with Crippen LogP contribution in [0.3, 0.4) is 0 Å². The van der Waals surface area contributed by atoms with Gasteiger partial charge in [0.05, 0.1) is 6.61 Å². The summed E-state index contributed by atoms with van der Waals surface area (Å²) < 4.78 is 5.70. The Kier molecular flexibility index (Phi) is 3.14. The molecule has 1 heterocycles. The lowest BCUT2D eigenvalue weighted by atomic mass is 9.71. The Balaban J connectivity index is 2.46. The van der Waals surface area contributed by atoms with E-state index in [0.717, 1.165) is 31.6 Å². The second-order valence-corrected chi connectivity index (χ2v) is 4.36. The van der Waals surface area contributed by atoms with Gasteiger partial charge in [0.2, 0.25) is 0 Å². The van der Waals surface area contributed by atoms with Gasteiger partial charge in [0.1, 0.15) is 5.75 Å². The van der Waals surface area contributed by atoms with E-state index in [-0.39, 0.29) is 5.41 Å². The first kappa shape index (κ1) is 11.0. The van der Waals surface area contributed by atoms with Crippen molar-refractivity contribution in [3.05, 3.63) is 55.1 Å². The fraction of sp³-hybridized carbons (Fsp3) is 0.333. The summed E-state index contributed by atoms with van der Waals surface area (Å²) in [5.41, 5.74) is 1.46. The molecular weight excluding hydrogens is 196 g/mol. The van der Waals surface area contributed by atoms with Crippen LogP contribution in [0.5, 0.6) is 5.75 Å². The molecule has 0 atom stereocenters. The molecule has 1 aromatic rings. The fourth-order valence-electron chi connectivity index (χ4n) is 2.58. The summed E-state index contributed by atoms with van der Waals surface area (Å²) >= 11 is 0. The first-order chi connectivity index (χ1) is 7.82. The van der Waals surface area contributed by atoms with E-state index >= 15 is 0 Å². The van der Waals surface area contributed by atoms with Crippen molar-refractivity contribution in [2.24, 2.45) is 0 Å². The third-order valence-corrected chi connectivity index (χ3v) is 3.37. The number of ether oxygens (including phenoxy) is 1. The Labute approximate surface area is 97.4 Å². The monoisotopic (exact) mass is 214 g/mol. The predicted octanol–water partition coefficient (Wildman–Crippen LogP) is 3.86. The van der Waals surface area contributed by atoms with E-state index in [1.54, 1.807) is 0 Å². The molecule has 1 heteroatoms. The highest BCUT2D eigenvalue weighted by Crippen LogP contribution is 2.43. The normalized spacial score (nSPS) is 17.0. The molecule has 16 heavy (non-hydrogen) atoms. The quantitative estimate of drug-likeness (QED) is 0.691. The molecule has 0 aliphatic carbocycles. The molecule has 0 fully saturated rings.